The molecule has 0 spiro atoms. The Labute approximate surface area is 150 Å². The van der Waals surface area contributed by atoms with Crippen molar-refractivity contribution in [2.75, 3.05) is 31.1 Å². The molecule has 134 valence electrons. The zero-order valence-electron chi connectivity index (χ0n) is 13.6. The first-order chi connectivity index (χ1) is 12.4. The third kappa shape index (κ3) is 3.35. The first-order valence-electron chi connectivity index (χ1n) is 7.77. The zero-order chi connectivity index (χ0) is 18.7. The lowest BCUT2D eigenvalue weighted by Crippen LogP contribution is -2.48. The maximum absolute atomic E-state index is 12.6. The van der Waals surface area contributed by atoms with Gasteiger partial charge in [0.25, 0.3) is 5.69 Å². The van der Waals surface area contributed by atoms with Crippen molar-refractivity contribution >= 4 is 21.4 Å². The highest BCUT2D eigenvalue weighted by molar-refractivity contribution is 7.89. The standard InChI is InChI=1S/C16H15N5O4S/c17-11-13-10-14(21(22)23)3-4-16(13)19-6-8-20(9-7-19)26(24,25)15-2-1-5-18-12-15/h1-5,10,12H,6-9H2. The van der Waals surface area contributed by atoms with E-state index in [0.29, 0.717) is 18.8 Å². The Morgan fingerprint density at radius 2 is 1.92 bits per heavy atom. The lowest BCUT2D eigenvalue weighted by Gasteiger charge is -2.35. The third-order valence-corrected chi connectivity index (χ3v) is 6.05. The van der Waals surface area contributed by atoms with E-state index >= 15 is 0 Å². The monoisotopic (exact) mass is 373 g/mol. The fourth-order valence-electron chi connectivity index (χ4n) is 2.82. The molecule has 1 aromatic heterocycles. The van der Waals surface area contributed by atoms with Crippen molar-refractivity contribution in [1.29, 1.82) is 5.26 Å². The average molecular weight is 373 g/mol. The maximum atomic E-state index is 12.6. The summed E-state index contributed by atoms with van der Waals surface area (Å²) in [6, 6.07) is 9.14. The van der Waals surface area contributed by atoms with Crippen LogP contribution in [0.5, 0.6) is 0 Å². The van der Waals surface area contributed by atoms with Gasteiger partial charge in [-0.1, -0.05) is 0 Å². The molecular weight excluding hydrogens is 358 g/mol. The van der Waals surface area contributed by atoms with Crippen molar-refractivity contribution in [2.24, 2.45) is 0 Å². The number of sulfonamides is 1. The fourth-order valence-corrected chi connectivity index (χ4v) is 4.21. The smallest absolute Gasteiger partial charge is 0.270 e. The van der Waals surface area contributed by atoms with Crippen LogP contribution in [0.25, 0.3) is 0 Å². The third-order valence-electron chi connectivity index (χ3n) is 4.16. The molecule has 0 amide bonds. The van der Waals surface area contributed by atoms with Crippen molar-refractivity contribution < 1.29 is 13.3 Å². The van der Waals surface area contributed by atoms with Gasteiger partial charge in [-0.05, 0) is 18.2 Å². The molecule has 10 heteroatoms. The maximum Gasteiger partial charge on any atom is 0.270 e. The van der Waals surface area contributed by atoms with E-state index in [4.69, 9.17) is 0 Å². The molecule has 1 aliphatic heterocycles. The summed E-state index contributed by atoms with van der Waals surface area (Å²) in [5, 5.41) is 20.1. The van der Waals surface area contributed by atoms with E-state index < -0.39 is 14.9 Å². The molecule has 1 saturated heterocycles. The first-order valence-corrected chi connectivity index (χ1v) is 9.21. The Balaban J connectivity index is 1.77. The van der Waals surface area contributed by atoms with E-state index in [-0.39, 0.29) is 29.2 Å². The Morgan fingerprint density at radius 1 is 1.19 bits per heavy atom. The number of piperazine rings is 1. The Hall–Kier alpha value is -3.03. The number of anilines is 1. The second-order valence-corrected chi connectivity index (χ2v) is 7.59. The molecule has 1 fully saturated rings. The largest absolute Gasteiger partial charge is 0.368 e. The van der Waals surface area contributed by atoms with Crippen LogP contribution in [-0.2, 0) is 10.0 Å². The number of aromatic nitrogens is 1. The second kappa shape index (κ2) is 7.07. The number of nitro benzene ring substituents is 1. The van der Waals surface area contributed by atoms with Gasteiger partial charge in [0.05, 0.1) is 16.2 Å². The summed E-state index contributed by atoms with van der Waals surface area (Å²) < 4.78 is 26.6. The van der Waals surface area contributed by atoms with E-state index in [9.17, 15) is 23.8 Å². The SMILES string of the molecule is N#Cc1cc([N+](=O)[O-])ccc1N1CCN(S(=O)(=O)c2cccnc2)CC1. The summed E-state index contributed by atoms with van der Waals surface area (Å²) in [7, 11) is -3.61. The summed E-state index contributed by atoms with van der Waals surface area (Å²) in [5.41, 5.74) is 0.613. The predicted molar refractivity (Wildman–Crippen MR) is 93.0 cm³/mol. The van der Waals surface area contributed by atoms with Gasteiger partial charge in [0.2, 0.25) is 10.0 Å². The van der Waals surface area contributed by atoms with Gasteiger partial charge in [0, 0.05) is 50.7 Å². The van der Waals surface area contributed by atoms with Crippen LogP contribution in [0.2, 0.25) is 0 Å². The quantitative estimate of drug-likeness (QED) is 0.586. The molecule has 9 nitrogen and oxygen atoms in total. The number of pyridine rings is 1. The highest BCUT2D eigenvalue weighted by Crippen LogP contribution is 2.27. The van der Waals surface area contributed by atoms with Gasteiger partial charge in [-0.2, -0.15) is 9.57 Å². The van der Waals surface area contributed by atoms with Gasteiger partial charge in [0.15, 0.2) is 0 Å². The number of non-ortho nitro benzene ring substituents is 1. The lowest BCUT2D eigenvalue weighted by atomic mass is 10.1. The number of hydrogen-bond acceptors (Lipinski definition) is 7. The van der Waals surface area contributed by atoms with Gasteiger partial charge < -0.3 is 4.90 Å². The zero-order valence-corrected chi connectivity index (χ0v) is 14.5. The fraction of sp³-hybridized carbons (Fsp3) is 0.250. The number of nitro groups is 1. The average Bonchev–Trinajstić information content (AvgIpc) is 2.68. The van der Waals surface area contributed by atoms with E-state index in [1.54, 1.807) is 6.07 Å². The minimum absolute atomic E-state index is 0.140. The number of nitriles is 1. The van der Waals surface area contributed by atoms with Crippen molar-refractivity contribution in [3.63, 3.8) is 0 Å². The summed E-state index contributed by atoms with van der Waals surface area (Å²) in [6.07, 6.45) is 2.82. The number of rotatable bonds is 4. The Morgan fingerprint density at radius 3 is 2.50 bits per heavy atom. The molecule has 3 rings (SSSR count). The van der Waals surface area contributed by atoms with Crippen molar-refractivity contribution in [3.8, 4) is 6.07 Å². The minimum Gasteiger partial charge on any atom is -0.368 e. The molecule has 0 unspecified atom stereocenters. The van der Waals surface area contributed by atoms with Crippen molar-refractivity contribution in [1.82, 2.24) is 9.29 Å². The number of benzene rings is 1. The van der Waals surface area contributed by atoms with Crippen LogP contribution in [0.3, 0.4) is 0 Å². The molecule has 1 aliphatic rings. The van der Waals surface area contributed by atoms with E-state index in [1.807, 2.05) is 11.0 Å². The molecule has 0 radical (unpaired) electrons. The van der Waals surface area contributed by atoms with Crippen LogP contribution in [0.4, 0.5) is 11.4 Å². The van der Waals surface area contributed by atoms with E-state index in [2.05, 4.69) is 4.98 Å². The molecule has 0 bridgehead atoms. The van der Waals surface area contributed by atoms with Gasteiger partial charge in [-0.25, -0.2) is 8.42 Å². The van der Waals surface area contributed by atoms with Gasteiger partial charge in [0.1, 0.15) is 11.0 Å². The van der Waals surface area contributed by atoms with Crippen LogP contribution < -0.4 is 4.90 Å². The predicted octanol–water partition coefficient (Wildman–Crippen LogP) is 1.37. The summed E-state index contributed by atoms with van der Waals surface area (Å²) in [5.74, 6) is 0. The Kier molecular flexibility index (Phi) is 4.83. The van der Waals surface area contributed by atoms with E-state index in [1.165, 1.54) is 41.0 Å². The summed E-state index contributed by atoms with van der Waals surface area (Å²) >= 11 is 0. The normalized spacial score (nSPS) is 15.4. The molecule has 26 heavy (non-hydrogen) atoms. The van der Waals surface area contributed by atoms with Crippen LogP contribution in [-0.4, -0.2) is 48.8 Å². The van der Waals surface area contributed by atoms with Gasteiger partial charge >= 0.3 is 0 Å². The first kappa shape index (κ1) is 17.8. The number of nitrogens with zero attached hydrogens (tertiary/aromatic N) is 5. The highest BCUT2D eigenvalue weighted by atomic mass is 32.2. The molecule has 0 N–H and O–H groups in total. The Bertz CT molecular complexity index is 964. The highest BCUT2D eigenvalue weighted by Gasteiger charge is 2.29. The van der Waals surface area contributed by atoms with Crippen molar-refractivity contribution in [3.05, 3.63) is 58.4 Å². The van der Waals surface area contributed by atoms with Gasteiger partial charge in [-0.3, -0.25) is 15.1 Å². The molecule has 0 atom stereocenters. The molecule has 2 aromatic rings. The molecular formula is C16H15N5O4S. The molecule has 0 saturated carbocycles. The molecule has 2 heterocycles. The van der Waals surface area contributed by atoms with Crippen LogP contribution in [0, 0.1) is 21.4 Å². The second-order valence-electron chi connectivity index (χ2n) is 5.65. The lowest BCUT2D eigenvalue weighted by molar-refractivity contribution is -0.384. The number of hydrogen-bond donors (Lipinski definition) is 0. The van der Waals surface area contributed by atoms with E-state index in [0.717, 1.165) is 0 Å². The van der Waals surface area contributed by atoms with Crippen molar-refractivity contribution in [2.45, 2.75) is 4.90 Å². The summed E-state index contributed by atoms with van der Waals surface area (Å²) in [6.45, 7) is 1.26. The molecule has 1 aromatic carbocycles. The van der Waals surface area contributed by atoms with Crippen LogP contribution in [0.15, 0.2) is 47.6 Å². The van der Waals surface area contributed by atoms with Gasteiger partial charge in [-0.15, -0.1) is 0 Å². The van der Waals surface area contributed by atoms with Crippen LogP contribution in [0.1, 0.15) is 5.56 Å². The topological polar surface area (TPSA) is 120 Å². The summed E-state index contributed by atoms with van der Waals surface area (Å²) in [4.78, 5) is 16.1. The molecule has 0 aliphatic carbocycles. The minimum atomic E-state index is -3.61. The van der Waals surface area contributed by atoms with Crippen LogP contribution >= 0.6 is 0 Å².